The minimum atomic E-state index is -0.424. The van der Waals surface area contributed by atoms with Crippen molar-refractivity contribution in [1.29, 1.82) is 0 Å². The summed E-state index contributed by atoms with van der Waals surface area (Å²) in [6, 6.07) is 11.7. The van der Waals surface area contributed by atoms with Crippen molar-refractivity contribution in [3.63, 3.8) is 0 Å². The van der Waals surface area contributed by atoms with Crippen LogP contribution in [0.15, 0.2) is 64.3 Å². The van der Waals surface area contributed by atoms with Gasteiger partial charge in [-0.3, -0.25) is 4.79 Å². The van der Waals surface area contributed by atoms with Crippen molar-refractivity contribution < 1.29 is 23.8 Å². The molecule has 0 saturated heterocycles. The highest BCUT2D eigenvalue weighted by molar-refractivity contribution is 7.10. The molecule has 2 heterocycles. The van der Waals surface area contributed by atoms with E-state index in [4.69, 9.17) is 14.2 Å². The molecule has 0 radical (unpaired) electrons. The van der Waals surface area contributed by atoms with Gasteiger partial charge in [0.2, 0.25) is 0 Å². The topological polar surface area (TPSA) is 73.9 Å². The van der Waals surface area contributed by atoms with Crippen LogP contribution in [0.25, 0.3) is 0 Å². The monoisotopic (exact) mass is 453 g/mol. The number of ether oxygens (including phenoxy) is 3. The largest absolute Gasteiger partial charge is 0.496 e. The summed E-state index contributed by atoms with van der Waals surface area (Å²) in [7, 11) is 3.21. The highest BCUT2D eigenvalue weighted by Gasteiger charge is 2.42. The predicted molar refractivity (Wildman–Crippen MR) is 123 cm³/mol. The first-order valence-electron chi connectivity index (χ1n) is 10.6. The van der Waals surface area contributed by atoms with Crippen LogP contribution in [0.4, 0.5) is 0 Å². The zero-order chi connectivity index (χ0) is 22.7. The number of dihydropyridines is 1. The molecule has 2 aliphatic rings. The summed E-state index contributed by atoms with van der Waals surface area (Å²) in [5.41, 5.74) is 3.78. The van der Waals surface area contributed by atoms with Crippen LogP contribution in [-0.4, -0.2) is 39.2 Å². The maximum absolute atomic E-state index is 13.5. The average Bonchev–Trinajstić information content (AvgIpc) is 3.32. The SMILES string of the molecule is COCCOC(=O)C1=C(C)NC2=C(C(=O)C[C@@H](c3ccccc3OC)C2)[C@H]1c1cccs1. The van der Waals surface area contributed by atoms with Gasteiger partial charge in [-0.05, 0) is 36.4 Å². The third kappa shape index (κ3) is 4.23. The summed E-state index contributed by atoms with van der Waals surface area (Å²) < 4.78 is 16.0. The summed E-state index contributed by atoms with van der Waals surface area (Å²) in [6.07, 6.45) is 1.04. The maximum Gasteiger partial charge on any atom is 0.336 e. The lowest BCUT2D eigenvalue weighted by Crippen LogP contribution is -2.36. The molecule has 0 amide bonds. The number of esters is 1. The highest BCUT2D eigenvalue weighted by Crippen LogP contribution is 2.47. The number of ketones is 1. The molecule has 6 nitrogen and oxygen atoms in total. The zero-order valence-corrected chi connectivity index (χ0v) is 19.3. The number of hydrogen-bond donors (Lipinski definition) is 1. The molecule has 1 aliphatic heterocycles. The van der Waals surface area contributed by atoms with Crippen LogP contribution in [0, 0.1) is 0 Å². The number of hydrogen-bond acceptors (Lipinski definition) is 7. The Balaban J connectivity index is 1.71. The van der Waals surface area contributed by atoms with E-state index in [0.29, 0.717) is 30.6 Å². The fraction of sp³-hybridized carbons (Fsp3) is 0.360. The molecule has 1 aliphatic carbocycles. The lowest BCUT2D eigenvalue weighted by Gasteiger charge is -2.36. The van der Waals surface area contributed by atoms with Gasteiger partial charge in [0.05, 0.1) is 25.2 Å². The van der Waals surface area contributed by atoms with E-state index < -0.39 is 11.9 Å². The van der Waals surface area contributed by atoms with Crippen molar-refractivity contribution in [2.24, 2.45) is 0 Å². The third-order valence-corrected chi connectivity index (χ3v) is 6.91. The molecule has 0 unspecified atom stereocenters. The molecule has 0 fully saturated rings. The first-order valence-corrected chi connectivity index (χ1v) is 11.5. The van der Waals surface area contributed by atoms with Crippen LogP contribution in [0.2, 0.25) is 0 Å². The van der Waals surface area contributed by atoms with Gasteiger partial charge in [0.1, 0.15) is 12.4 Å². The molecule has 0 bridgehead atoms. The van der Waals surface area contributed by atoms with Crippen molar-refractivity contribution >= 4 is 23.1 Å². The second-order valence-corrected chi connectivity index (χ2v) is 8.88. The van der Waals surface area contributed by atoms with E-state index in [0.717, 1.165) is 27.6 Å². The van der Waals surface area contributed by atoms with Crippen molar-refractivity contribution in [3.8, 4) is 5.75 Å². The van der Waals surface area contributed by atoms with Crippen LogP contribution in [0.3, 0.4) is 0 Å². The lowest BCUT2D eigenvalue weighted by molar-refractivity contribution is -0.140. The van der Waals surface area contributed by atoms with Crippen LogP contribution in [0.5, 0.6) is 5.75 Å². The molecule has 2 aromatic rings. The molecule has 1 aromatic carbocycles. The van der Waals surface area contributed by atoms with Gasteiger partial charge in [-0.15, -0.1) is 11.3 Å². The smallest absolute Gasteiger partial charge is 0.336 e. The minimum absolute atomic E-state index is 0.0110. The Hall–Kier alpha value is -2.90. The Morgan fingerprint density at radius 2 is 1.94 bits per heavy atom. The molecule has 4 rings (SSSR count). The number of benzene rings is 1. The van der Waals surface area contributed by atoms with Gasteiger partial charge in [-0.1, -0.05) is 24.3 Å². The summed E-state index contributed by atoms with van der Waals surface area (Å²) in [4.78, 5) is 27.5. The van der Waals surface area contributed by atoms with E-state index in [1.807, 2.05) is 48.7 Å². The van der Waals surface area contributed by atoms with Gasteiger partial charge in [-0.2, -0.15) is 0 Å². The summed E-state index contributed by atoms with van der Waals surface area (Å²) in [5.74, 6) is -0.00153. The Kier molecular flexibility index (Phi) is 6.77. The summed E-state index contributed by atoms with van der Waals surface area (Å²) in [6.45, 7) is 2.36. The van der Waals surface area contributed by atoms with Gasteiger partial charge in [0.15, 0.2) is 5.78 Å². The van der Waals surface area contributed by atoms with Crippen LogP contribution in [0.1, 0.15) is 42.0 Å². The number of carbonyl (C=O) groups excluding carboxylic acids is 2. The van der Waals surface area contributed by atoms with E-state index in [2.05, 4.69) is 5.32 Å². The zero-order valence-electron chi connectivity index (χ0n) is 18.5. The molecule has 2 atom stereocenters. The van der Waals surface area contributed by atoms with E-state index >= 15 is 0 Å². The standard InChI is InChI=1S/C25H27NO5S/c1-15-22(25(28)31-11-10-29-2)24(21-9-6-12-32-21)23-18(26-15)13-16(14-19(23)27)17-7-4-5-8-20(17)30-3/h4-9,12,16,24,26H,10-11,13-14H2,1-3H3/t16-,24-/m0/s1. The van der Waals surface area contributed by atoms with E-state index in [1.54, 1.807) is 25.6 Å². The second kappa shape index (κ2) is 9.71. The predicted octanol–water partition coefficient (Wildman–Crippen LogP) is 4.31. The van der Waals surface area contributed by atoms with Crippen molar-refractivity contribution in [2.45, 2.75) is 31.6 Å². The number of nitrogens with one attached hydrogen (secondary N) is 1. The van der Waals surface area contributed by atoms with Gasteiger partial charge in [-0.25, -0.2) is 4.79 Å². The number of allylic oxidation sites excluding steroid dienone is 3. The van der Waals surface area contributed by atoms with Gasteiger partial charge in [0.25, 0.3) is 0 Å². The Labute approximate surface area is 191 Å². The Morgan fingerprint density at radius 3 is 2.66 bits per heavy atom. The fourth-order valence-electron chi connectivity index (χ4n) is 4.57. The molecule has 7 heteroatoms. The number of Topliss-reactive ketones (excluding diaryl/α,β-unsaturated/α-hetero) is 1. The maximum atomic E-state index is 13.5. The van der Waals surface area contributed by atoms with Gasteiger partial charge in [0, 0.05) is 41.3 Å². The summed E-state index contributed by atoms with van der Waals surface area (Å²) >= 11 is 1.54. The van der Waals surface area contributed by atoms with Crippen molar-refractivity contribution in [3.05, 3.63) is 74.8 Å². The van der Waals surface area contributed by atoms with E-state index in [-0.39, 0.29) is 18.3 Å². The fourth-order valence-corrected chi connectivity index (χ4v) is 5.41. The first-order chi connectivity index (χ1) is 15.5. The van der Waals surface area contributed by atoms with Crippen LogP contribution >= 0.6 is 11.3 Å². The molecular formula is C25H27NO5S. The molecule has 0 spiro atoms. The average molecular weight is 454 g/mol. The quantitative estimate of drug-likeness (QED) is 0.498. The first kappa shape index (κ1) is 22.3. The minimum Gasteiger partial charge on any atom is -0.496 e. The van der Waals surface area contributed by atoms with Crippen molar-refractivity contribution in [1.82, 2.24) is 5.32 Å². The number of para-hydroxylation sites is 1. The van der Waals surface area contributed by atoms with E-state index in [9.17, 15) is 9.59 Å². The van der Waals surface area contributed by atoms with Crippen LogP contribution in [-0.2, 0) is 19.1 Å². The normalized spacial score (nSPS) is 20.7. The molecule has 168 valence electrons. The van der Waals surface area contributed by atoms with Gasteiger partial charge >= 0.3 is 5.97 Å². The van der Waals surface area contributed by atoms with Crippen molar-refractivity contribution in [2.75, 3.05) is 27.4 Å². The number of carbonyl (C=O) groups is 2. The molecule has 1 aromatic heterocycles. The number of rotatable bonds is 7. The third-order valence-electron chi connectivity index (χ3n) is 5.97. The highest BCUT2D eigenvalue weighted by atomic mass is 32.1. The lowest BCUT2D eigenvalue weighted by atomic mass is 9.73. The second-order valence-electron chi connectivity index (χ2n) is 7.90. The van der Waals surface area contributed by atoms with E-state index in [1.165, 1.54) is 0 Å². The summed E-state index contributed by atoms with van der Waals surface area (Å²) in [5, 5.41) is 5.33. The molecule has 32 heavy (non-hydrogen) atoms. The number of methoxy groups -OCH3 is 2. The Bertz CT molecular complexity index is 1070. The molecule has 1 N–H and O–H groups in total. The molecule has 0 saturated carbocycles. The Morgan fingerprint density at radius 1 is 1.12 bits per heavy atom. The number of thiophene rings is 1. The van der Waals surface area contributed by atoms with Crippen LogP contribution < -0.4 is 10.1 Å². The van der Waals surface area contributed by atoms with Gasteiger partial charge < -0.3 is 19.5 Å². The molecular weight excluding hydrogens is 426 g/mol.